The van der Waals surface area contributed by atoms with Gasteiger partial charge in [0.15, 0.2) is 0 Å². The Morgan fingerprint density at radius 3 is 2.24 bits per heavy atom. The quantitative estimate of drug-likeness (QED) is 0.514. The summed E-state index contributed by atoms with van der Waals surface area (Å²) in [5.74, 6) is -0.220. The molecule has 0 aliphatic carbocycles. The van der Waals surface area contributed by atoms with Gasteiger partial charge in [-0.25, -0.2) is 0 Å². The van der Waals surface area contributed by atoms with Crippen LogP contribution in [0, 0.1) is 11.3 Å². The fourth-order valence-electron chi connectivity index (χ4n) is 4.66. The minimum atomic E-state index is -0.982. The van der Waals surface area contributed by atoms with Crippen LogP contribution in [0.1, 0.15) is 49.5 Å². The summed E-state index contributed by atoms with van der Waals surface area (Å²) in [6.07, 6.45) is 1.81. The number of nitrogens with one attached hydrogen (secondary N) is 1. The lowest BCUT2D eigenvalue weighted by molar-refractivity contribution is -0.126. The number of hydrogen-bond acceptors (Lipinski definition) is 4. The highest BCUT2D eigenvalue weighted by Gasteiger charge is 2.49. The summed E-state index contributed by atoms with van der Waals surface area (Å²) in [4.78, 5) is 26.3. The minimum Gasteiger partial charge on any atom is -0.385 e. The molecule has 2 N–H and O–H groups in total. The molecule has 1 amide bonds. The molecule has 0 radical (unpaired) electrons. The van der Waals surface area contributed by atoms with E-state index in [9.17, 15) is 14.7 Å². The molecule has 1 saturated heterocycles. The maximum atomic E-state index is 12.8. The number of hydrogen-bond donors (Lipinski definition) is 2. The van der Waals surface area contributed by atoms with Gasteiger partial charge in [0, 0.05) is 53.1 Å². The first kappa shape index (κ1) is 25.7. The molecular formula is C26H32Cl2N2O3. The second-order valence-electron chi connectivity index (χ2n) is 9.70. The molecule has 0 saturated carbocycles. The Bertz CT molecular complexity index is 963. The summed E-state index contributed by atoms with van der Waals surface area (Å²) in [5.41, 5.74) is -0.0281. The van der Waals surface area contributed by atoms with E-state index in [2.05, 4.69) is 24.1 Å². The predicted molar refractivity (Wildman–Crippen MR) is 133 cm³/mol. The number of aliphatic hydroxyl groups is 1. The lowest BCUT2D eigenvalue weighted by Gasteiger charge is -2.51. The van der Waals surface area contributed by atoms with Crippen LogP contribution in [0.4, 0.5) is 0 Å². The van der Waals surface area contributed by atoms with Gasteiger partial charge in [0.25, 0.3) is 5.91 Å². The minimum absolute atomic E-state index is 0.0288. The zero-order chi connectivity index (χ0) is 24.2. The summed E-state index contributed by atoms with van der Waals surface area (Å²) in [5, 5.41) is 15.9. The van der Waals surface area contributed by atoms with Gasteiger partial charge in [-0.3, -0.25) is 4.79 Å². The molecule has 7 heteroatoms. The van der Waals surface area contributed by atoms with E-state index in [4.69, 9.17) is 23.2 Å². The first-order chi connectivity index (χ1) is 15.6. The van der Waals surface area contributed by atoms with E-state index in [0.717, 1.165) is 11.8 Å². The number of halogens is 2. The molecule has 1 fully saturated rings. The Hall–Kier alpha value is -1.92. The normalized spacial score (nSPS) is 22.4. The third-order valence-electron chi connectivity index (χ3n) is 6.88. The highest BCUT2D eigenvalue weighted by atomic mass is 35.5. The summed E-state index contributed by atoms with van der Waals surface area (Å²) < 4.78 is 0. The van der Waals surface area contributed by atoms with Crippen LogP contribution in [-0.2, 0) is 10.4 Å². The third-order valence-corrected chi connectivity index (χ3v) is 7.39. The van der Waals surface area contributed by atoms with Crippen LogP contribution in [0.5, 0.6) is 0 Å². The number of piperidine rings is 1. The van der Waals surface area contributed by atoms with Crippen molar-refractivity contribution in [1.82, 2.24) is 10.2 Å². The molecule has 1 aliphatic heterocycles. The van der Waals surface area contributed by atoms with Gasteiger partial charge >= 0.3 is 0 Å². The summed E-state index contributed by atoms with van der Waals surface area (Å²) >= 11 is 12.0. The molecule has 3 rings (SSSR count). The molecule has 1 heterocycles. The Morgan fingerprint density at radius 1 is 1.12 bits per heavy atom. The maximum absolute atomic E-state index is 12.8. The molecular weight excluding hydrogens is 459 g/mol. The number of carbonyl (C=O) groups excluding carboxylic acids is 2. The van der Waals surface area contributed by atoms with Crippen LogP contribution >= 0.6 is 23.2 Å². The van der Waals surface area contributed by atoms with Crippen molar-refractivity contribution < 1.29 is 14.7 Å². The van der Waals surface area contributed by atoms with Gasteiger partial charge in [-0.05, 0) is 54.3 Å². The topological polar surface area (TPSA) is 69.6 Å². The Balaban J connectivity index is 1.74. The second-order valence-corrected chi connectivity index (χ2v) is 10.6. The van der Waals surface area contributed by atoms with Crippen LogP contribution in [0.15, 0.2) is 48.5 Å². The largest absolute Gasteiger partial charge is 0.385 e. The average Bonchev–Trinajstić information content (AvgIpc) is 2.76. The highest BCUT2D eigenvalue weighted by molar-refractivity contribution is 6.30. The Morgan fingerprint density at radius 2 is 1.70 bits per heavy atom. The molecule has 0 bridgehead atoms. The Labute approximate surface area is 206 Å². The van der Waals surface area contributed by atoms with E-state index in [1.54, 1.807) is 36.4 Å². The molecule has 33 heavy (non-hydrogen) atoms. The van der Waals surface area contributed by atoms with Crippen molar-refractivity contribution in [3.63, 3.8) is 0 Å². The van der Waals surface area contributed by atoms with Gasteiger partial charge in [0.1, 0.15) is 6.29 Å². The van der Waals surface area contributed by atoms with Gasteiger partial charge in [-0.1, -0.05) is 56.1 Å². The van der Waals surface area contributed by atoms with Crippen molar-refractivity contribution in [2.45, 2.75) is 45.3 Å². The van der Waals surface area contributed by atoms with E-state index in [0.29, 0.717) is 48.1 Å². The van der Waals surface area contributed by atoms with E-state index in [1.165, 1.54) is 0 Å². The number of carbonyl (C=O) groups is 2. The Kier molecular flexibility index (Phi) is 8.22. The fourth-order valence-corrected chi connectivity index (χ4v) is 4.91. The molecule has 1 aliphatic rings. The van der Waals surface area contributed by atoms with E-state index < -0.39 is 11.0 Å². The maximum Gasteiger partial charge on any atom is 0.251 e. The van der Waals surface area contributed by atoms with Gasteiger partial charge < -0.3 is 20.1 Å². The number of benzene rings is 2. The van der Waals surface area contributed by atoms with Gasteiger partial charge in [0.2, 0.25) is 0 Å². The monoisotopic (exact) mass is 490 g/mol. The zero-order valence-corrected chi connectivity index (χ0v) is 20.9. The zero-order valence-electron chi connectivity index (χ0n) is 19.4. The van der Waals surface area contributed by atoms with Crippen molar-refractivity contribution >= 4 is 35.4 Å². The van der Waals surface area contributed by atoms with Crippen LogP contribution in [-0.4, -0.2) is 47.9 Å². The van der Waals surface area contributed by atoms with Crippen LogP contribution < -0.4 is 5.32 Å². The van der Waals surface area contributed by atoms with Crippen LogP contribution in [0.25, 0.3) is 0 Å². The van der Waals surface area contributed by atoms with Crippen molar-refractivity contribution in [2.75, 3.05) is 19.6 Å². The number of nitrogens with zero attached hydrogens (tertiary/aromatic N) is 1. The fraction of sp³-hybridized carbons (Fsp3) is 0.462. The number of rotatable bonds is 8. The average molecular weight is 491 g/mol. The summed E-state index contributed by atoms with van der Waals surface area (Å²) in [6, 6.07) is 13.9. The first-order valence-corrected chi connectivity index (χ1v) is 12.0. The predicted octanol–water partition coefficient (Wildman–Crippen LogP) is 4.94. The number of aldehydes is 1. The van der Waals surface area contributed by atoms with Crippen LogP contribution in [0.2, 0.25) is 10.0 Å². The van der Waals surface area contributed by atoms with Crippen molar-refractivity contribution in [3.05, 3.63) is 69.7 Å². The summed E-state index contributed by atoms with van der Waals surface area (Å²) in [7, 11) is 0. The van der Waals surface area contributed by atoms with Crippen molar-refractivity contribution in [2.24, 2.45) is 11.3 Å². The summed E-state index contributed by atoms with van der Waals surface area (Å²) in [6.45, 7) is 8.00. The lowest BCUT2D eigenvalue weighted by Crippen LogP contribution is -2.58. The van der Waals surface area contributed by atoms with Gasteiger partial charge in [-0.2, -0.15) is 0 Å². The molecule has 2 aromatic rings. The van der Waals surface area contributed by atoms with E-state index in [-0.39, 0.29) is 17.9 Å². The molecule has 0 aromatic heterocycles. The molecule has 2 aromatic carbocycles. The highest BCUT2D eigenvalue weighted by Crippen LogP contribution is 2.46. The van der Waals surface area contributed by atoms with Crippen molar-refractivity contribution in [3.8, 4) is 0 Å². The van der Waals surface area contributed by atoms with E-state index in [1.807, 2.05) is 19.1 Å². The molecule has 0 spiro atoms. The lowest BCUT2D eigenvalue weighted by atomic mass is 9.66. The van der Waals surface area contributed by atoms with Crippen LogP contribution in [0.3, 0.4) is 0 Å². The first-order valence-electron chi connectivity index (χ1n) is 11.3. The second kappa shape index (κ2) is 10.6. The van der Waals surface area contributed by atoms with E-state index >= 15 is 0 Å². The molecule has 178 valence electrons. The molecule has 5 nitrogen and oxygen atoms in total. The molecule has 3 atom stereocenters. The smallest absolute Gasteiger partial charge is 0.251 e. The third kappa shape index (κ3) is 5.96. The standard InChI is InChI=1S/C26H32Cl2N2O3/c1-18(12-15-31)23(29-24(32)19-4-8-21(27)9-5-19)16-30-14-13-26(33,25(2,3)17-30)20-6-10-22(28)11-7-20/h4-11,15,18,23,33H,12-14,16-17H2,1-3H3,(H,29,32). The molecule has 3 unspecified atom stereocenters. The van der Waals surface area contributed by atoms with Gasteiger partial charge in [0.05, 0.1) is 5.60 Å². The number of likely N-dealkylation sites (tertiary alicyclic amines) is 1. The van der Waals surface area contributed by atoms with Crippen molar-refractivity contribution in [1.29, 1.82) is 0 Å². The van der Waals surface area contributed by atoms with Gasteiger partial charge in [-0.15, -0.1) is 0 Å². The SMILES string of the molecule is CC(CC=O)C(CN1CCC(O)(c2ccc(Cl)cc2)C(C)(C)C1)NC(=O)c1ccc(Cl)cc1. The number of amides is 1.